The molecule has 8 nitrogen and oxygen atoms in total. The van der Waals surface area contributed by atoms with Gasteiger partial charge < -0.3 is 19.9 Å². The highest BCUT2D eigenvalue weighted by Gasteiger charge is 2.21. The minimum atomic E-state index is -0.396. The van der Waals surface area contributed by atoms with Crippen LogP contribution in [0, 0.1) is 6.92 Å². The molecular weight excluding hydrogens is 462 g/mol. The van der Waals surface area contributed by atoms with Gasteiger partial charge in [-0.15, -0.1) is 10.2 Å². The van der Waals surface area contributed by atoms with Gasteiger partial charge >= 0.3 is 0 Å². The number of ether oxygens (including phenoxy) is 1. The number of methoxy groups -OCH3 is 1. The molecule has 1 unspecified atom stereocenters. The number of amides is 2. The quantitative estimate of drug-likeness (QED) is 0.431. The fourth-order valence-electron chi connectivity index (χ4n) is 3.24. The second-order valence-electron chi connectivity index (χ2n) is 7.28. The van der Waals surface area contributed by atoms with Crippen molar-refractivity contribution in [3.05, 3.63) is 64.4 Å². The molecule has 33 heavy (non-hydrogen) atoms. The minimum Gasteiger partial charge on any atom is -0.496 e. The topological polar surface area (TPSA) is 98.1 Å². The lowest BCUT2D eigenvalue weighted by Crippen LogP contribution is -2.29. The third-order valence-corrected chi connectivity index (χ3v) is 6.16. The Morgan fingerprint density at radius 3 is 2.70 bits per heavy atom. The van der Waals surface area contributed by atoms with Crippen LogP contribution in [0.1, 0.15) is 41.6 Å². The molecule has 2 N–H and O–H groups in total. The monoisotopic (exact) mass is 487 g/mol. The standard InChI is InChI=1S/C23H26ClN5O3S/c1-5-29-21(15(3)25-22(31)17-8-6-7-9-19(17)32-4)27-28-23(29)33-13-20(30)26-18-12-16(24)11-10-14(18)2/h6-12,15H,5,13H2,1-4H3,(H,25,31)(H,26,30). The van der Waals surface area contributed by atoms with Crippen molar-refractivity contribution in [3.63, 3.8) is 0 Å². The Kier molecular flexibility index (Phi) is 8.35. The van der Waals surface area contributed by atoms with Gasteiger partial charge in [-0.05, 0) is 50.6 Å². The van der Waals surface area contributed by atoms with Crippen molar-refractivity contribution in [2.75, 3.05) is 18.2 Å². The van der Waals surface area contributed by atoms with Gasteiger partial charge in [0.05, 0.1) is 24.5 Å². The third kappa shape index (κ3) is 6.06. The van der Waals surface area contributed by atoms with Gasteiger partial charge in [0.1, 0.15) is 5.75 Å². The van der Waals surface area contributed by atoms with Gasteiger partial charge in [-0.2, -0.15) is 0 Å². The summed E-state index contributed by atoms with van der Waals surface area (Å²) in [6.45, 7) is 6.29. The van der Waals surface area contributed by atoms with Gasteiger partial charge in [-0.1, -0.05) is 41.6 Å². The van der Waals surface area contributed by atoms with E-state index in [1.54, 1.807) is 36.4 Å². The maximum absolute atomic E-state index is 12.7. The molecule has 1 atom stereocenters. The summed E-state index contributed by atoms with van der Waals surface area (Å²) in [5.41, 5.74) is 2.05. The summed E-state index contributed by atoms with van der Waals surface area (Å²) < 4.78 is 7.16. The molecule has 0 aliphatic rings. The summed E-state index contributed by atoms with van der Waals surface area (Å²) >= 11 is 7.30. The predicted octanol–water partition coefficient (Wildman–Crippen LogP) is 4.49. The van der Waals surface area contributed by atoms with E-state index in [-0.39, 0.29) is 17.6 Å². The van der Waals surface area contributed by atoms with Crippen molar-refractivity contribution in [2.24, 2.45) is 0 Å². The number of aryl methyl sites for hydroxylation is 1. The number of nitrogens with one attached hydrogen (secondary N) is 2. The fraction of sp³-hybridized carbons (Fsp3) is 0.304. The van der Waals surface area contributed by atoms with Gasteiger partial charge in [0.2, 0.25) is 5.91 Å². The van der Waals surface area contributed by atoms with Crippen LogP contribution in [-0.4, -0.2) is 39.4 Å². The van der Waals surface area contributed by atoms with E-state index in [9.17, 15) is 9.59 Å². The smallest absolute Gasteiger partial charge is 0.255 e. The first kappa shape index (κ1) is 24.6. The van der Waals surface area contributed by atoms with Crippen LogP contribution in [0.3, 0.4) is 0 Å². The first-order valence-electron chi connectivity index (χ1n) is 10.4. The second kappa shape index (κ2) is 11.2. The summed E-state index contributed by atoms with van der Waals surface area (Å²) in [5, 5.41) is 15.5. The highest BCUT2D eigenvalue weighted by atomic mass is 35.5. The van der Waals surface area contributed by atoms with Crippen molar-refractivity contribution in [1.82, 2.24) is 20.1 Å². The van der Waals surface area contributed by atoms with Crippen LogP contribution in [0.15, 0.2) is 47.6 Å². The van der Waals surface area contributed by atoms with E-state index in [1.165, 1.54) is 18.9 Å². The van der Waals surface area contributed by atoms with E-state index >= 15 is 0 Å². The Balaban J connectivity index is 1.66. The molecule has 1 aromatic heterocycles. The number of rotatable bonds is 9. The minimum absolute atomic E-state index is 0.159. The highest BCUT2D eigenvalue weighted by molar-refractivity contribution is 7.99. The molecule has 0 saturated heterocycles. The summed E-state index contributed by atoms with van der Waals surface area (Å²) in [4.78, 5) is 25.2. The molecule has 174 valence electrons. The van der Waals surface area contributed by atoms with E-state index in [2.05, 4.69) is 20.8 Å². The molecule has 0 spiro atoms. The second-order valence-corrected chi connectivity index (χ2v) is 8.66. The van der Waals surface area contributed by atoms with Crippen LogP contribution >= 0.6 is 23.4 Å². The Bertz CT molecular complexity index is 1150. The lowest BCUT2D eigenvalue weighted by molar-refractivity contribution is -0.113. The van der Waals surface area contributed by atoms with Gasteiger partial charge in [0, 0.05) is 17.3 Å². The molecule has 0 radical (unpaired) electrons. The van der Waals surface area contributed by atoms with Crippen LogP contribution in [0.5, 0.6) is 5.75 Å². The summed E-state index contributed by atoms with van der Waals surface area (Å²) in [6, 6.07) is 12.0. The molecule has 10 heteroatoms. The number of carbonyl (C=O) groups is 2. The van der Waals surface area contributed by atoms with Gasteiger partial charge in [-0.3, -0.25) is 9.59 Å². The molecule has 3 aromatic rings. The zero-order chi connectivity index (χ0) is 24.0. The zero-order valence-electron chi connectivity index (χ0n) is 18.9. The van der Waals surface area contributed by atoms with E-state index in [0.29, 0.717) is 39.5 Å². The largest absolute Gasteiger partial charge is 0.496 e. The normalized spacial score (nSPS) is 11.7. The number of anilines is 1. The molecule has 0 aliphatic heterocycles. The van der Waals surface area contributed by atoms with E-state index in [1.807, 2.05) is 31.4 Å². The van der Waals surface area contributed by atoms with Crippen molar-refractivity contribution in [2.45, 2.75) is 38.5 Å². The van der Waals surface area contributed by atoms with Crippen molar-refractivity contribution in [3.8, 4) is 5.75 Å². The van der Waals surface area contributed by atoms with Crippen LogP contribution in [0.2, 0.25) is 5.02 Å². The number of thioether (sulfide) groups is 1. The lowest BCUT2D eigenvalue weighted by atomic mass is 10.1. The van der Waals surface area contributed by atoms with E-state index < -0.39 is 6.04 Å². The number of hydrogen-bond acceptors (Lipinski definition) is 6. The number of nitrogens with zero attached hydrogens (tertiary/aromatic N) is 3. The highest BCUT2D eigenvalue weighted by Crippen LogP contribution is 2.24. The fourth-order valence-corrected chi connectivity index (χ4v) is 4.22. The lowest BCUT2D eigenvalue weighted by Gasteiger charge is -2.16. The van der Waals surface area contributed by atoms with Crippen molar-refractivity contribution in [1.29, 1.82) is 0 Å². The Hall–Kier alpha value is -3.04. The third-order valence-electron chi connectivity index (χ3n) is 4.95. The Labute approximate surface area is 202 Å². The Morgan fingerprint density at radius 2 is 1.97 bits per heavy atom. The predicted molar refractivity (Wildman–Crippen MR) is 130 cm³/mol. The average Bonchev–Trinajstić information content (AvgIpc) is 3.23. The molecule has 3 rings (SSSR count). The average molecular weight is 488 g/mol. The van der Waals surface area contributed by atoms with Crippen LogP contribution in [-0.2, 0) is 11.3 Å². The van der Waals surface area contributed by atoms with Crippen LogP contribution in [0.4, 0.5) is 5.69 Å². The van der Waals surface area contributed by atoms with Crippen LogP contribution < -0.4 is 15.4 Å². The molecule has 2 aromatic carbocycles. The maximum atomic E-state index is 12.7. The van der Waals surface area contributed by atoms with E-state index in [4.69, 9.17) is 16.3 Å². The number of hydrogen-bond donors (Lipinski definition) is 2. The number of carbonyl (C=O) groups excluding carboxylic acids is 2. The molecular formula is C23H26ClN5O3S. The first-order chi connectivity index (χ1) is 15.8. The molecule has 0 fully saturated rings. The number of halogens is 1. The SMILES string of the molecule is CCn1c(SCC(=O)Nc2cc(Cl)ccc2C)nnc1C(C)NC(=O)c1ccccc1OC. The molecule has 2 amide bonds. The summed E-state index contributed by atoms with van der Waals surface area (Å²) in [5.74, 6) is 0.823. The number of para-hydroxylation sites is 1. The summed E-state index contributed by atoms with van der Waals surface area (Å²) in [6.07, 6.45) is 0. The van der Waals surface area contributed by atoms with Gasteiger partial charge in [-0.25, -0.2) is 0 Å². The molecule has 0 aliphatic carbocycles. The van der Waals surface area contributed by atoms with Crippen LogP contribution in [0.25, 0.3) is 0 Å². The zero-order valence-corrected chi connectivity index (χ0v) is 20.5. The first-order valence-corrected chi connectivity index (χ1v) is 11.8. The molecule has 0 saturated carbocycles. The summed E-state index contributed by atoms with van der Waals surface area (Å²) in [7, 11) is 1.52. The number of aromatic nitrogens is 3. The van der Waals surface area contributed by atoms with Gasteiger partial charge in [0.15, 0.2) is 11.0 Å². The van der Waals surface area contributed by atoms with Gasteiger partial charge in [0.25, 0.3) is 5.91 Å². The van der Waals surface area contributed by atoms with Crippen molar-refractivity contribution < 1.29 is 14.3 Å². The number of benzene rings is 2. The molecule has 1 heterocycles. The Morgan fingerprint density at radius 1 is 1.21 bits per heavy atom. The molecule has 0 bridgehead atoms. The van der Waals surface area contributed by atoms with E-state index in [0.717, 1.165) is 5.56 Å². The van der Waals surface area contributed by atoms with Crippen molar-refractivity contribution >= 4 is 40.9 Å². The maximum Gasteiger partial charge on any atom is 0.255 e.